The third kappa shape index (κ3) is 3.38. The molecule has 0 bridgehead atoms. The van der Waals surface area contributed by atoms with Gasteiger partial charge in [0.05, 0.1) is 17.4 Å². The van der Waals surface area contributed by atoms with Crippen molar-refractivity contribution in [2.24, 2.45) is 0 Å². The van der Waals surface area contributed by atoms with E-state index in [0.29, 0.717) is 0 Å². The van der Waals surface area contributed by atoms with Gasteiger partial charge in [0, 0.05) is 0 Å². The molecule has 2 N–H and O–H groups in total. The molecular formula is C17H14FN5O3S. The number of aromatic nitrogens is 3. The quantitative estimate of drug-likeness (QED) is 0.714. The lowest BCUT2D eigenvalue weighted by Crippen LogP contribution is -2.29. The van der Waals surface area contributed by atoms with E-state index in [4.69, 9.17) is 0 Å². The van der Waals surface area contributed by atoms with Gasteiger partial charge >= 0.3 is 0 Å². The zero-order chi connectivity index (χ0) is 19.0. The largest absolute Gasteiger partial charge is 0.295 e. The topological polar surface area (TPSA) is 106 Å². The molecule has 1 atom stereocenters. The molecule has 0 unspecified atom stereocenters. The van der Waals surface area contributed by atoms with Gasteiger partial charge in [-0.1, -0.05) is 30.3 Å². The van der Waals surface area contributed by atoms with Crippen LogP contribution in [0.3, 0.4) is 0 Å². The lowest BCUT2D eigenvalue weighted by Gasteiger charge is -2.23. The van der Waals surface area contributed by atoms with Crippen LogP contribution in [0.2, 0.25) is 0 Å². The zero-order valence-electron chi connectivity index (χ0n) is 13.8. The van der Waals surface area contributed by atoms with Crippen LogP contribution in [0.25, 0.3) is 0 Å². The number of carbonyl (C=O) groups excluding carboxylic acids is 1. The smallest absolute Gasteiger partial charge is 0.264 e. The summed E-state index contributed by atoms with van der Waals surface area (Å²) < 4.78 is 41.6. The molecule has 0 spiro atoms. The van der Waals surface area contributed by atoms with Gasteiger partial charge in [0.15, 0.2) is 0 Å². The first kappa shape index (κ1) is 17.2. The van der Waals surface area contributed by atoms with Crippen molar-refractivity contribution in [3.8, 4) is 0 Å². The molecule has 0 saturated heterocycles. The van der Waals surface area contributed by atoms with E-state index in [1.807, 2.05) is 30.3 Å². The van der Waals surface area contributed by atoms with E-state index >= 15 is 0 Å². The Morgan fingerprint density at radius 1 is 1.11 bits per heavy atom. The highest BCUT2D eigenvalue weighted by atomic mass is 32.2. The van der Waals surface area contributed by atoms with Gasteiger partial charge in [-0.25, -0.2) is 22.2 Å². The highest BCUT2D eigenvalue weighted by Crippen LogP contribution is 2.30. The van der Waals surface area contributed by atoms with Gasteiger partial charge in [-0.3, -0.25) is 10.1 Å². The van der Waals surface area contributed by atoms with Crippen LogP contribution < -0.4 is 10.0 Å². The number of rotatable bonds is 4. The number of anilines is 2. The van der Waals surface area contributed by atoms with Crippen molar-refractivity contribution >= 4 is 27.8 Å². The van der Waals surface area contributed by atoms with Crippen LogP contribution in [0, 0.1) is 5.82 Å². The zero-order valence-corrected chi connectivity index (χ0v) is 14.6. The summed E-state index contributed by atoms with van der Waals surface area (Å²) in [4.78, 5) is 15.9. The summed E-state index contributed by atoms with van der Waals surface area (Å²) in [5.74, 6) is -0.816. The average Bonchev–Trinajstić information content (AvgIpc) is 3.03. The molecule has 138 valence electrons. The number of carbonyl (C=O) groups is 1. The maximum absolute atomic E-state index is 13.0. The molecule has 1 aliphatic heterocycles. The lowest BCUT2D eigenvalue weighted by molar-refractivity contribution is -0.117. The van der Waals surface area contributed by atoms with Gasteiger partial charge in [-0.05, 0) is 29.8 Å². The summed E-state index contributed by atoms with van der Waals surface area (Å²) >= 11 is 0. The highest BCUT2D eigenvalue weighted by Gasteiger charge is 2.30. The highest BCUT2D eigenvalue weighted by molar-refractivity contribution is 7.92. The first-order valence-corrected chi connectivity index (χ1v) is 9.50. The third-order valence-electron chi connectivity index (χ3n) is 4.09. The summed E-state index contributed by atoms with van der Waals surface area (Å²) in [5.41, 5.74) is 0.853. The summed E-state index contributed by atoms with van der Waals surface area (Å²) in [7, 11) is -3.99. The second-order valence-corrected chi connectivity index (χ2v) is 7.62. The number of nitrogens with zero attached hydrogens (tertiary/aromatic N) is 3. The number of hydrogen-bond donors (Lipinski definition) is 2. The Morgan fingerprint density at radius 2 is 1.81 bits per heavy atom. The minimum Gasteiger partial charge on any atom is -0.295 e. The first-order valence-electron chi connectivity index (χ1n) is 8.02. The standard InChI is InChI=1S/C17H14FN5O3S/c18-12-6-8-13(9-7-12)27(25,26)22-16-20-17-19-15(24)10-14(23(17)21-16)11-4-2-1-3-5-11/h1-9,14H,10H2,(H2,19,20,21,22,24)/t14-/m0/s1. The molecule has 27 heavy (non-hydrogen) atoms. The van der Waals surface area contributed by atoms with Crippen LogP contribution in [0.4, 0.5) is 16.3 Å². The fourth-order valence-electron chi connectivity index (χ4n) is 2.83. The van der Waals surface area contributed by atoms with Gasteiger partial charge in [0.1, 0.15) is 5.82 Å². The Bertz CT molecular complexity index is 1100. The van der Waals surface area contributed by atoms with Gasteiger partial charge in [-0.2, -0.15) is 4.98 Å². The number of hydrogen-bond acceptors (Lipinski definition) is 5. The summed E-state index contributed by atoms with van der Waals surface area (Å²) in [6.45, 7) is 0. The number of nitrogens with one attached hydrogen (secondary N) is 2. The van der Waals surface area contributed by atoms with E-state index < -0.39 is 21.9 Å². The van der Waals surface area contributed by atoms with Crippen LogP contribution in [-0.4, -0.2) is 29.1 Å². The molecule has 0 fully saturated rings. The SMILES string of the molecule is O=C1C[C@@H](c2ccccc2)n2nc(NS(=O)(=O)c3ccc(F)cc3)nc2N1. The van der Waals surface area contributed by atoms with Gasteiger partial charge in [0.2, 0.25) is 11.9 Å². The fraction of sp³-hybridized carbons (Fsp3) is 0.118. The average molecular weight is 387 g/mol. The minimum atomic E-state index is -3.99. The Hall–Kier alpha value is -3.27. The fourth-order valence-corrected chi connectivity index (χ4v) is 3.77. The molecule has 3 aromatic rings. The van der Waals surface area contributed by atoms with E-state index in [1.54, 1.807) is 0 Å². The Balaban J connectivity index is 1.67. The molecular weight excluding hydrogens is 373 g/mol. The van der Waals surface area contributed by atoms with Gasteiger partial charge in [-0.15, -0.1) is 5.10 Å². The number of benzene rings is 2. The van der Waals surface area contributed by atoms with E-state index in [2.05, 4.69) is 20.1 Å². The Kier molecular flexibility index (Phi) is 4.11. The van der Waals surface area contributed by atoms with Gasteiger partial charge < -0.3 is 0 Å². The van der Waals surface area contributed by atoms with Crippen molar-refractivity contribution in [3.63, 3.8) is 0 Å². The van der Waals surface area contributed by atoms with Crippen molar-refractivity contribution < 1.29 is 17.6 Å². The van der Waals surface area contributed by atoms with Crippen molar-refractivity contribution in [3.05, 3.63) is 66.0 Å². The van der Waals surface area contributed by atoms with Crippen molar-refractivity contribution in [2.45, 2.75) is 17.4 Å². The lowest BCUT2D eigenvalue weighted by atomic mass is 10.0. The molecule has 2 aromatic carbocycles. The predicted molar refractivity (Wildman–Crippen MR) is 95.1 cm³/mol. The summed E-state index contributed by atoms with van der Waals surface area (Å²) in [6.07, 6.45) is 0.157. The molecule has 1 aliphatic rings. The Morgan fingerprint density at radius 3 is 2.52 bits per heavy atom. The van der Waals surface area contributed by atoms with Crippen LogP contribution >= 0.6 is 0 Å². The molecule has 0 aliphatic carbocycles. The molecule has 0 saturated carbocycles. The molecule has 2 heterocycles. The van der Waals surface area contributed by atoms with Crippen LogP contribution in [0.15, 0.2) is 59.5 Å². The first-order chi connectivity index (χ1) is 12.9. The third-order valence-corrected chi connectivity index (χ3v) is 5.43. The van der Waals surface area contributed by atoms with Crippen LogP contribution in [0.1, 0.15) is 18.0 Å². The number of halogens is 1. The van der Waals surface area contributed by atoms with Crippen LogP contribution in [-0.2, 0) is 14.8 Å². The van der Waals surface area contributed by atoms with E-state index in [9.17, 15) is 17.6 Å². The van der Waals surface area contributed by atoms with Crippen molar-refractivity contribution in [2.75, 3.05) is 10.0 Å². The maximum atomic E-state index is 13.0. The van der Waals surface area contributed by atoms with Crippen LogP contribution in [0.5, 0.6) is 0 Å². The second kappa shape index (κ2) is 6.47. The van der Waals surface area contributed by atoms with E-state index in [-0.39, 0.29) is 29.1 Å². The number of amides is 1. The molecule has 1 aromatic heterocycles. The normalized spacial score (nSPS) is 16.5. The number of fused-ring (bicyclic) bond motifs is 1. The summed E-state index contributed by atoms with van der Waals surface area (Å²) in [5, 5.41) is 6.78. The number of sulfonamides is 1. The molecule has 10 heteroatoms. The molecule has 1 amide bonds. The molecule has 4 rings (SSSR count). The second-order valence-electron chi connectivity index (χ2n) is 5.94. The Labute approximate surface area is 154 Å². The monoisotopic (exact) mass is 387 g/mol. The summed E-state index contributed by atoms with van der Waals surface area (Å²) in [6, 6.07) is 13.2. The maximum Gasteiger partial charge on any atom is 0.264 e. The van der Waals surface area contributed by atoms with Crippen molar-refractivity contribution in [1.29, 1.82) is 0 Å². The minimum absolute atomic E-state index is 0.125. The van der Waals surface area contributed by atoms with E-state index in [0.717, 1.165) is 29.8 Å². The van der Waals surface area contributed by atoms with Crippen molar-refractivity contribution in [1.82, 2.24) is 14.8 Å². The molecule has 8 nitrogen and oxygen atoms in total. The van der Waals surface area contributed by atoms with E-state index in [1.165, 1.54) is 4.68 Å². The van der Waals surface area contributed by atoms with Gasteiger partial charge in [0.25, 0.3) is 16.0 Å². The predicted octanol–water partition coefficient (Wildman–Crippen LogP) is 2.15. The molecule has 0 radical (unpaired) electrons.